The van der Waals surface area contributed by atoms with Crippen molar-refractivity contribution in [2.75, 3.05) is 14.2 Å². The minimum atomic E-state index is 0.222. The van der Waals surface area contributed by atoms with Gasteiger partial charge in [-0.3, -0.25) is 0 Å². The highest BCUT2D eigenvalue weighted by atomic mass is 16.5. The molecule has 0 atom stereocenters. The average Bonchev–Trinajstić information content (AvgIpc) is 2.66. The van der Waals surface area contributed by atoms with Gasteiger partial charge in [-0.05, 0) is 41.5 Å². The van der Waals surface area contributed by atoms with E-state index in [9.17, 15) is 5.11 Å². The molecule has 0 saturated heterocycles. The molecular weight excluding hydrogens is 316 g/mol. The van der Waals surface area contributed by atoms with Crippen LogP contribution in [0.25, 0.3) is 11.1 Å². The van der Waals surface area contributed by atoms with E-state index in [-0.39, 0.29) is 5.75 Å². The lowest BCUT2D eigenvalue weighted by Crippen LogP contribution is -2.03. The van der Waals surface area contributed by atoms with E-state index in [0.717, 1.165) is 28.0 Å². The number of rotatable bonds is 3. The van der Waals surface area contributed by atoms with E-state index in [0.29, 0.717) is 23.7 Å². The molecule has 4 rings (SSSR count). The second-order valence-corrected chi connectivity index (χ2v) is 5.92. The maximum Gasteiger partial charge on any atom is 0.135 e. The summed E-state index contributed by atoms with van der Waals surface area (Å²) in [5.41, 5.74) is 3.56. The molecule has 0 saturated carbocycles. The SMILES string of the molecule is COc1ccc(-c2cc(O)c3c(c2)Oc2ccccc2C3)c(OC)c1. The van der Waals surface area contributed by atoms with Gasteiger partial charge in [0.05, 0.1) is 14.2 Å². The molecule has 0 amide bonds. The zero-order valence-corrected chi connectivity index (χ0v) is 14.1. The van der Waals surface area contributed by atoms with Crippen molar-refractivity contribution in [2.24, 2.45) is 0 Å². The number of methoxy groups -OCH3 is 2. The molecule has 1 N–H and O–H groups in total. The Morgan fingerprint density at radius 3 is 2.56 bits per heavy atom. The lowest BCUT2D eigenvalue weighted by atomic mass is 9.95. The van der Waals surface area contributed by atoms with E-state index in [4.69, 9.17) is 14.2 Å². The summed E-state index contributed by atoms with van der Waals surface area (Å²) in [5.74, 6) is 3.11. The van der Waals surface area contributed by atoms with Crippen LogP contribution in [0, 0.1) is 0 Å². The van der Waals surface area contributed by atoms with Gasteiger partial charge in [-0.2, -0.15) is 0 Å². The van der Waals surface area contributed by atoms with Gasteiger partial charge in [0, 0.05) is 23.6 Å². The summed E-state index contributed by atoms with van der Waals surface area (Å²) in [6, 6.07) is 17.2. The molecule has 0 bridgehead atoms. The number of aromatic hydroxyl groups is 1. The van der Waals surface area contributed by atoms with Crippen molar-refractivity contribution in [3.05, 3.63) is 65.7 Å². The van der Waals surface area contributed by atoms with Crippen molar-refractivity contribution in [3.63, 3.8) is 0 Å². The Kier molecular flexibility index (Phi) is 3.73. The Balaban J connectivity index is 1.81. The Morgan fingerprint density at radius 2 is 1.76 bits per heavy atom. The van der Waals surface area contributed by atoms with E-state index in [2.05, 4.69) is 0 Å². The zero-order valence-electron chi connectivity index (χ0n) is 14.1. The first-order chi connectivity index (χ1) is 12.2. The van der Waals surface area contributed by atoms with Crippen molar-refractivity contribution in [2.45, 2.75) is 6.42 Å². The third-order valence-electron chi connectivity index (χ3n) is 4.46. The van der Waals surface area contributed by atoms with E-state index in [1.165, 1.54) is 0 Å². The molecular formula is C21H18O4. The summed E-state index contributed by atoms with van der Waals surface area (Å²) in [7, 11) is 3.23. The first-order valence-electron chi connectivity index (χ1n) is 8.03. The third kappa shape index (κ3) is 2.66. The monoisotopic (exact) mass is 334 g/mol. The van der Waals surface area contributed by atoms with Crippen LogP contribution in [0.2, 0.25) is 0 Å². The highest BCUT2D eigenvalue weighted by molar-refractivity contribution is 5.76. The molecule has 3 aromatic rings. The predicted octanol–water partition coefficient (Wildman–Crippen LogP) is 4.77. The quantitative estimate of drug-likeness (QED) is 0.586. The fourth-order valence-electron chi connectivity index (χ4n) is 3.15. The van der Waals surface area contributed by atoms with Gasteiger partial charge in [0.15, 0.2) is 0 Å². The minimum Gasteiger partial charge on any atom is -0.507 e. The van der Waals surface area contributed by atoms with Gasteiger partial charge in [0.25, 0.3) is 0 Å². The maximum absolute atomic E-state index is 10.5. The van der Waals surface area contributed by atoms with Gasteiger partial charge in [0.1, 0.15) is 28.7 Å². The molecule has 0 aromatic heterocycles. The fraction of sp³-hybridized carbons (Fsp3) is 0.143. The first kappa shape index (κ1) is 15.4. The fourth-order valence-corrected chi connectivity index (χ4v) is 3.15. The second kappa shape index (κ2) is 6.06. The number of phenolic OH excluding ortho intramolecular Hbond substituents is 1. The van der Waals surface area contributed by atoms with Crippen molar-refractivity contribution in [3.8, 4) is 39.9 Å². The number of fused-ring (bicyclic) bond motifs is 2. The van der Waals surface area contributed by atoms with Gasteiger partial charge < -0.3 is 19.3 Å². The van der Waals surface area contributed by atoms with Crippen molar-refractivity contribution in [1.29, 1.82) is 0 Å². The van der Waals surface area contributed by atoms with Crippen LogP contribution >= 0.6 is 0 Å². The van der Waals surface area contributed by atoms with Crippen LogP contribution in [0.1, 0.15) is 11.1 Å². The Morgan fingerprint density at radius 1 is 0.920 bits per heavy atom. The minimum absolute atomic E-state index is 0.222. The molecule has 25 heavy (non-hydrogen) atoms. The van der Waals surface area contributed by atoms with E-state index in [1.54, 1.807) is 20.3 Å². The number of hydrogen-bond acceptors (Lipinski definition) is 4. The van der Waals surface area contributed by atoms with Crippen LogP contribution in [0.3, 0.4) is 0 Å². The molecule has 0 unspecified atom stereocenters. The van der Waals surface area contributed by atoms with Crippen LogP contribution in [0.15, 0.2) is 54.6 Å². The molecule has 1 heterocycles. The van der Waals surface area contributed by atoms with Gasteiger partial charge in [-0.15, -0.1) is 0 Å². The number of hydrogen-bond donors (Lipinski definition) is 1. The van der Waals surface area contributed by atoms with Crippen LogP contribution in [-0.2, 0) is 6.42 Å². The van der Waals surface area contributed by atoms with Gasteiger partial charge in [0.2, 0.25) is 0 Å². The molecule has 0 fully saturated rings. The molecule has 1 aliphatic heterocycles. The van der Waals surface area contributed by atoms with E-state index in [1.807, 2.05) is 48.5 Å². The zero-order chi connectivity index (χ0) is 17.4. The molecule has 1 aliphatic rings. The smallest absolute Gasteiger partial charge is 0.135 e. The normalized spacial score (nSPS) is 11.9. The Labute approximate surface area is 146 Å². The summed E-state index contributed by atoms with van der Waals surface area (Å²) in [6.07, 6.45) is 0.650. The van der Waals surface area contributed by atoms with Crippen molar-refractivity contribution < 1.29 is 19.3 Å². The summed E-state index contributed by atoms with van der Waals surface area (Å²) < 4.78 is 16.7. The summed E-state index contributed by atoms with van der Waals surface area (Å²) >= 11 is 0. The van der Waals surface area contributed by atoms with Crippen LogP contribution in [-0.4, -0.2) is 19.3 Å². The van der Waals surface area contributed by atoms with Crippen molar-refractivity contribution in [1.82, 2.24) is 0 Å². The van der Waals surface area contributed by atoms with Crippen LogP contribution < -0.4 is 14.2 Å². The molecule has 0 radical (unpaired) electrons. The predicted molar refractivity (Wildman–Crippen MR) is 96.0 cm³/mol. The number of benzene rings is 3. The third-order valence-corrected chi connectivity index (χ3v) is 4.46. The highest BCUT2D eigenvalue weighted by Crippen LogP contribution is 2.44. The summed E-state index contributed by atoms with van der Waals surface area (Å²) in [6.45, 7) is 0. The van der Waals surface area contributed by atoms with Crippen LogP contribution in [0.5, 0.6) is 28.7 Å². The first-order valence-corrected chi connectivity index (χ1v) is 8.03. The maximum atomic E-state index is 10.5. The highest BCUT2D eigenvalue weighted by Gasteiger charge is 2.21. The Bertz CT molecular complexity index is 947. The number of para-hydroxylation sites is 1. The van der Waals surface area contributed by atoms with Gasteiger partial charge in [-0.25, -0.2) is 0 Å². The van der Waals surface area contributed by atoms with Crippen molar-refractivity contribution >= 4 is 0 Å². The number of ether oxygens (including phenoxy) is 3. The lowest BCUT2D eigenvalue weighted by Gasteiger charge is -2.22. The molecule has 0 spiro atoms. The molecule has 4 nitrogen and oxygen atoms in total. The second-order valence-electron chi connectivity index (χ2n) is 5.92. The van der Waals surface area contributed by atoms with E-state index >= 15 is 0 Å². The largest absolute Gasteiger partial charge is 0.507 e. The van der Waals surface area contributed by atoms with Gasteiger partial charge >= 0.3 is 0 Å². The number of phenols is 1. The topological polar surface area (TPSA) is 47.9 Å². The molecule has 126 valence electrons. The molecule has 0 aliphatic carbocycles. The summed E-state index contributed by atoms with van der Waals surface area (Å²) in [4.78, 5) is 0. The van der Waals surface area contributed by atoms with E-state index < -0.39 is 0 Å². The standard InChI is InChI=1S/C21H18O4/c1-23-15-7-8-16(20(12-15)24-2)14-10-18(22)17-9-13-5-3-4-6-19(13)25-21(17)11-14/h3-8,10-12,22H,9H2,1-2H3. The lowest BCUT2D eigenvalue weighted by molar-refractivity contribution is 0.395. The van der Waals surface area contributed by atoms with Gasteiger partial charge in [-0.1, -0.05) is 18.2 Å². The molecule has 4 heteroatoms. The average molecular weight is 334 g/mol. The Hall–Kier alpha value is -3.14. The van der Waals surface area contributed by atoms with Crippen LogP contribution in [0.4, 0.5) is 0 Å². The molecule has 3 aromatic carbocycles. The summed E-state index contributed by atoms with van der Waals surface area (Å²) in [5, 5.41) is 10.5.